The van der Waals surface area contributed by atoms with E-state index in [-0.39, 0.29) is 17.9 Å². The standard InChI is InChI=1S/C20H23NO4/c1-13(2)19(15-6-9-17-18(12-15)25-11-10-24-17)21-20(22)14-4-7-16(23-3)8-5-14/h4-9,12-13,19H,10-11H2,1-3H3,(H,21,22)/t19-/m1/s1. The average molecular weight is 341 g/mol. The Bertz CT molecular complexity index is 740. The van der Waals surface area contributed by atoms with E-state index in [1.165, 1.54) is 0 Å². The van der Waals surface area contributed by atoms with Crippen LogP contribution in [0.2, 0.25) is 0 Å². The quantitative estimate of drug-likeness (QED) is 0.903. The Morgan fingerprint density at radius 2 is 1.72 bits per heavy atom. The Hall–Kier alpha value is -2.69. The Kier molecular flexibility index (Phi) is 5.12. The van der Waals surface area contributed by atoms with E-state index < -0.39 is 0 Å². The van der Waals surface area contributed by atoms with Crippen molar-refractivity contribution in [1.82, 2.24) is 5.32 Å². The largest absolute Gasteiger partial charge is 0.497 e. The van der Waals surface area contributed by atoms with Crippen LogP contribution in [0, 0.1) is 5.92 Å². The summed E-state index contributed by atoms with van der Waals surface area (Å²) in [6.07, 6.45) is 0. The van der Waals surface area contributed by atoms with E-state index in [0.29, 0.717) is 18.8 Å². The molecule has 1 amide bonds. The lowest BCUT2D eigenvalue weighted by atomic mass is 9.95. The maximum absolute atomic E-state index is 12.6. The first-order valence-corrected chi connectivity index (χ1v) is 8.43. The molecule has 0 saturated heterocycles. The molecular formula is C20H23NO4. The summed E-state index contributed by atoms with van der Waals surface area (Å²) in [4.78, 5) is 12.6. The van der Waals surface area contributed by atoms with Gasteiger partial charge in [-0.1, -0.05) is 19.9 Å². The summed E-state index contributed by atoms with van der Waals surface area (Å²) >= 11 is 0. The van der Waals surface area contributed by atoms with Gasteiger partial charge in [0.25, 0.3) is 5.91 Å². The van der Waals surface area contributed by atoms with Gasteiger partial charge in [-0.25, -0.2) is 0 Å². The van der Waals surface area contributed by atoms with Crippen molar-refractivity contribution in [2.24, 2.45) is 5.92 Å². The predicted octanol–water partition coefficient (Wildman–Crippen LogP) is 3.59. The highest BCUT2D eigenvalue weighted by Gasteiger charge is 2.22. The van der Waals surface area contributed by atoms with E-state index >= 15 is 0 Å². The van der Waals surface area contributed by atoms with Crippen LogP contribution in [-0.4, -0.2) is 26.2 Å². The molecule has 2 aromatic carbocycles. The summed E-state index contributed by atoms with van der Waals surface area (Å²) in [5.41, 5.74) is 1.60. The molecule has 1 aliphatic rings. The first-order valence-electron chi connectivity index (χ1n) is 8.43. The van der Waals surface area contributed by atoms with E-state index in [2.05, 4.69) is 19.2 Å². The van der Waals surface area contributed by atoms with Crippen molar-refractivity contribution in [3.05, 3.63) is 53.6 Å². The number of rotatable bonds is 5. The highest BCUT2D eigenvalue weighted by molar-refractivity contribution is 5.94. The fourth-order valence-electron chi connectivity index (χ4n) is 2.86. The smallest absolute Gasteiger partial charge is 0.251 e. The number of carbonyl (C=O) groups excluding carboxylic acids is 1. The minimum atomic E-state index is -0.120. The van der Waals surface area contributed by atoms with Crippen LogP contribution >= 0.6 is 0 Å². The Morgan fingerprint density at radius 1 is 1.04 bits per heavy atom. The van der Waals surface area contributed by atoms with E-state index in [1.807, 2.05) is 18.2 Å². The van der Waals surface area contributed by atoms with Gasteiger partial charge in [-0.3, -0.25) is 4.79 Å². The van der Waals surface area contributed by atoms with Crippen molar-refractivity contribution < 1.29 is 19.0 Å². The molecule has 0 fully saturated rings. The van der Waals surface area contributed by atoms with Crippen LogP contribution in [0.3, 0.4) is 0 Å². The predicted molar refractivity (Wildman–Crippen MR) is 95.5 cm³/mol. The third-order valence-corrected chi connectivity index (χ3v) is 4.23. The van der Waals surface area contributed by atoms with Crippen molar-refractivity contribution in [2.75, 3.05) is 20.3 Å². The topological polar surface area (TPSA) is 56.8 Å². The van der Waals surface area contributed by atoms with Crippen molar-refractivity contribution in [1.29, 1.82) is 0 Å². The monoisotopic (exact) mass is 341 g/mol. The molecule has 1 aliphatic heterocycles. The van der Waals surface area contributed by atoms with Crippen LogP contribution in [0.4, 0.5) is 0 Å². The number of benzene rings is 2. The molecule has 1 heterocycles. The van der Waals surface area contributed by atoms with Crippen molar-refractivity contribution in [2.45, 2.75) is 19.9 Å². The molecule has 2 aromatic rings. The second-order valence-corrected chi connectivity index (χ2v) is 6.33. The van der Waals surface area contributed by atoms with Crippen LogP contribution in [0.1, 0.15) is 35.8 Å². The number of fused-ring (bicyclic) bond motifs is 1. The van der Waals surface area contributed by atoms with Crippen LogP contribution in [0.5, 0.6) is 17.2 Å². The maximum Gasteiger partial charge on any atom is 0.251 e. The second-order valence-electron chi connectivity index (χ2n) is 6.33. The lowest BCUT2D eigenvalue weighted by Crippen LogP contribution is -2.31. The number of nitrogens with one attached hydrogen (secondary N) is 1. The molecule has 0 saturated carbocycles. The zero-order chi connectivity index (χ0) is 17.8. The first kappa shape index (κ1) is 17.1. The second kappa shape index (κ2) is 7.47. The third kappa shape index (κ3) is 3.87. The van der Waals surface area contributed by atoms with Crippen molar-refractivity contribution in [3.63, 3.8) is 0 Å². The Morgan fingerprint density at radius 3 is 2.36 bits per heavy atom. The molecule has 5 heteroatoms. The summed E-state index contributed by atoms with van der Waals surface area (Å²) in [5, 5.41) is 3.12. The summed E-state index contributed by atoms with van der Waals surface area (Å²) in [5.74, 6) is 2.32. The van der Waals surface area contributed by atoms with Crippen LogP contribution in [0.15, 0.2) is 42.5 Å². The third-order valence-electron chi connectivity index (χ3n) is 4.23. The van der Waals surface area contributed by atoms with E-state index in [1.54, 1.807) is 31.4 Å². The van der Waals surface area contributed by atoms with Gasteiger partial charge >= 0.3 is 0 Å². The van der Waals surface area contributed by atoms with Crippen molar-refractivity contribution >= 4 is 5.91 Å². The van der Waals surface area contributed by atoms with Gasteiger partial charge in [0.1, 0.15) is 19.0 Å². The van der Waals surface area contributed by atoms with E-state index in [9.17, 15) is 4.79 Å². The molecule has 0 bridgehead atoms. The number of hydrogen-bond donors (Lipinski definition) is 1. The first-order chi connectivity index (χ1) is 12.1. The Labute approximate surface area is 147 Å². The molecule has 0 aliphatic carbocycles. The van der Waals surface area contributed by atoms with Gasteiger partial charge in [0.15, 0.2) is 11.5 Å². The molecule has 1 atom stereocenters. The highest BCUT2D eigenvalue weighted by atomic mass is 16.6. The SMILES string of the molecule is COc1ccc(C(=O)N[C@@H](c2ccc3c(c2)OCCO3)C(C)C)cc1. The molecule has 5 nitrogen and oxygen atoms in total. The van der Waals surface area contributed by atoms with Gasteiger partial charge in [-0.2, -0.15) is 0 Å². The lowest BCUT2D eigenvalue weighted by molar-refractivity contribution is 0.0925. The molecule has 0 radical (unpaired) electrons. The normalized spacial score (nSPS) is 14.1. The highest BCUT2D eigenvalue weighted by Crippen LogP contribution is 2.34. The van der Waals surface area contributed by atoms with Gasteiger partial charge < -0.3 is 19.5 Å². The molecule has 25 heavy (non-hydrogen) atoms. The summed E-state index contributed by atoms with van der Waals surface area (Å²) < 4.78 is 16.4. The van der Waals surface area contributed by atoms with Crippen molar-refractivity contribution in [3.8, 4) is 17.2 Å². The molecule has 0 aromatic heterocycles. The fourth-order valence-corrected chi connectivity index (χ4v) is 2.86. The number of ether oxygens (including phenoxy) is 3. The minimum Gasteiger partial charge on any atom is -0.497 e. The molecular weight excluding hydrogens is 318 g/mol. The van der Waals surface area contributed by atoms with Gasteiger partial charge in [0.2, 0.25) is 0 Å². The zero-order valence-corrected chi connectivity index (χ0v) is 14.7. The zero-order valence-electron chi connectivity index (χ0n) is 14.7. The minimum absolute atomic E-state index is 0.115. The van der Waals surface area contributed by atoms with E-state index in [0.717, 1.165) is 22.8 Å². The molecule has 3 rings (SSSR count). The lowest BCUT2D eigenvalue weighted by Gasteiger charge is -2.25. The maximum atomic E-state index is 12.6. The Balaban J connectivity index is 1.80. The number of methoxy groups -OCH3 is 1. The average Bonchev–Trinajstić information content (AvgIpc) is 2.65. The number of hydrogen-bond acceptors (Lipinski definition) is 4. The number of amides is 1. The van der Waals surface area contributed by atoms with Gasteiger partial charge in [-0.15, -0.1) is 0 Å². The molecule has 0 spiro atoms. The number of carbonyl (C=O) groups is 1. The fraction of sp³-hybridized carbons (Fsp3) is 0.350. The molecule has 1 N–H and O–H groups in total. The summed E-state index contributed by atoms with van der Waals surface area (Å²) in [6, 6.07) is 12.8. The van der Waals surface area contributed by atoms with E-state index in [4.69, 9.17) is 14.2 Å². The van der Waals surface area contributed by atoms with Crippen LogP contribution < -0.4 is 19.5 Å². The van der Waals surface area contributed by atoms with Crippen LogP contribution in [0.25, 0.3) is 0 Å². The molecule has 0 unspecified atom stereocenters. The summed E-state index contributed by atoms with van der Waals surface area (Å²) in [6.45, 7) is 5.26. The van der Waals surface area contributed by atoms with Gasteiger partial charge in [0.05, 0.1) is 13.2 Å². The van der Waals surface area contributed by atoms with Crippen LogP contribution in [-0.2, 0) is 0 Å². The molecule has 132 valence electrons. The van der Waals surface area contributed by atoms with Gasteiger partial charge in [-0.05, 0) is 47.9 Å². The van der Waals surface area contributed by atoms with Gasteiger partial charge in [0, 0.05) is 5.56 Å². The summed E-state index contributed by atoms with van der Waals surface area (Å²) in [7, 11) is 1.60.